The SMILES string of the molecule is COc1cccc(NC(=O)CCc2c(C)n(C)c3cc(-c4ccccc4C)nn3c2=O)c1. The number of nitrogens with one attached hydrogen (secondary N) is 1. The number of hydrogen-bond donors (Lipinski definition) is 1. The molecule has 0 aliphatic heterocycles. The van der Waals surface area contributed by atoms with Gasteiger partial charge >= 0.3 is 0 Å². The molecular weight excluding hydrogens is 404 g/mol. The quantitative estimate of drug-likeness (QED) is 0.503. The molecule has 0 spiro atoms. The second kappa shape index (κ2) is 8.70. The molecule has 0 bridgehead atoms. The van der Waals surface area contributed by atoms with Crippen molar-refractivity contribution in [1.82, 2.24) is 14.2 Å². The number of rotatable bonds is 6. The Morgan fingerprint density at radius 3 is 2.62 bits per heavy atom. The van der Waals surface area contributed by atoms with Gasteiger partial charge in [-0.1, -0.05) is 30.3 Å². The highest BCUT2D eigenvalue weighted by atomic mass is 16.5. The number of ether oxygens (including phenoxy) is 1. The average molecular weight is 431 g/mol. The van der Waals surface area contributed by atoms with E-state index in [1.54, 1.807) is 19.2 Å². The van der Waals surface area contributed by atoms with Gasteiger partial charge in [-0.05, 0) is 38.0 Å². The average Bonchev–Trinajstić information content (AvgIpc) is 3.23. The largest absolute Gasteiger partial charge is 0.497 e. The van der Waals surface area contributed by atoms with Crippen LogP contribution in [0.5, 0.6) is 5.75 Å². The number of methoxy groups -OCH3 is 1. The van der Waals surface area contributed by atoms with Crippen molar-refractivity contribution in [2.75, 3.05) is 12.4 Å². The summed E-state index contributed by atoms with van der Waals surface area (Å²) in [4.78, 5) is 25.7. The molecule has 1 amide bonds. The first kappa shape index (κ1) is 21.4. The molecule has 7 nitrogen and oxygen atoms in total. The fourth-order valence-corrected chi connectivity index (χ4v) is 3.86. The molecule has 4 rings (SSSR count). The highest BCUT2D eigenvalue weighted by Gasteiger charge is 2.17. The van der Waals surface area contributed by atoms with E-state index in [0.717, 1.165) is 28.2 Å². The van der Waals surface area contributed by atoms with Crippen molar-refractivity contribution in [3.05, 3.63) is 81.8 Å². The topological polar surface area (TPSA) is 77.6 Å². The summed E-state index contributed by atoms with van der Waals surface area (Å²) in [7, 11) is 3.49. The van der Waals surface area contributed by atoms with Crippen LogP contribution in [0, 0.1) is 13.8 Å². The summed E-state index contributed by atoms with van der Waals surface area (Å²) in [6.07, 6.45) is 0.508. The number of anilines is 1. The molecule has 2 aromatic carbocycles. The Hall–Kier alpha value is -3.87. The van der Waals surface area contributed by atoms with Crippen LogP contribution in [0.15, 0.2) is 59.4 Å². The number of benzene rings is 2. The zero-order valence-electron chi connectivity index (χ0n) is 18.7. The number of amides is 1. The van der Waals surface area contributed by atoms with Crippen LogP contribution in [-0.2, 0) is 18.3 Å². The fraction of sp³-hybridized carbons (Fsp3) is 0.240. The molecule has 0 saturated heterocycles. The minimum absolute atomic E-state index is 0.166. The number of carbonyl (C=O) groups is 1. The predicted octanol–water partition coefficient (Wildman–Crippen LogP) is 3.90. The Kier molecular flexibility index (Phi) is 5.81. The predicted molar refractivity (Wildman–Crippen MR) is 125 cm³/mol. The number of carbonyl (C=O) groups excluding carboxylic acids is 1. The van der Waals surface area contributed by atoms with E-state index in [4.69, 9.17) is 4.74 Å². The van der Waals surface area contributed by atoms with E-state index in [9.17, 15) is 9.59 Å². The van der Waals surface area contributed by atoms with Crippen LogP contribution in [0.25, 0.3) is 16.9 Å². The van der Waals surface area contributed by atoms with Gasteiger partial charge in [-0.3, -0.25) is 9.59 Å². The molecule has 2 heterocycles. The molecule has 0 saturated carbocycles. The van der Waals surface area contributed by atoms with Gasteiger partial charge < -0.3 is 14.6 Å². The maximum atomic E-state index is 13.2. The molecule has 2 aromatic heterocycles. The van der Waals surface area contributed by atoms with Gasteiger partial charge in [-0.2, -0.15) is 9.61 Å². The van der Waals surface area contributed by atoms with Crippen molar-refractivity contribution in [2.24, 2.45) is 7.05 Å². The van der Waals surface area contributed by atoms with Gasteiger partial charge in [0.2, 0.25) is 5.91 Å². The molecule has 32 heavy (non-hydrogen) atoms. The molecule has 0 aliphatic carbocycles. The minimum atomic E-state index is -0.190. The summed E-state index contributed by atoms with van der Waals surface area (Å²) in [5, 5.41) is 7.45. The van der Waals surface area contributed by atoms with E-state index in [0.29, 0.717) is 23.4 Å². The molecule has 7 heteroatoms. The molecule has 164 valence electrons. The summed E-state index contributed by atoms with van der Waals surface area (Å²) in [6.45, 7) is 3.92. The second-order valence-electron chi connectivity index (χ2n) is 7.82. The molecule has 0 unspecified atom stereocenters. The highest BCUT2D eigenvalue weighted by Crippen LogP contribution is 2.23. The van der Waals surface area contributed by atoms with Crippen molar-refractivity contribution in [1.29, 1.82) is 0 Å². The lowest BCUT2D eigenvalue weighted by Crippen LogP contribution is -2.26. The number of hydrogen-bond acceptors (Lipinski definition) is 4. The molecule has 0 fully saturated rings. The van der Waals surface area contributed by atoms with E-state index in [2.05, 4.69) is 10.4 Å². The van der Waals surface area contributed by atoms with Gasteiger partial charge in [0.25, 0.3) is 5.56 Å². The van der Waals surface area contributed by atoms with Crippen LogP contribution in [0.4, 0.5) is 5.69 Å². The van der Waals surface area contributed by atoms with E-state index in [1.165, 1.54) is 4.52 Å². The lowest BCUT2D eigenvalue weighted by molar-refractivity contribution is -0.116. The second-order valence-corrected chi connectivity index (χ2v) is 7.82. The summed E-state index contributed by atoms with van der Waals surface area (Å²) in [6, 6.07) is 17.1. The lowest BCUT2D eigenvalue weighted by Gasteiger charge is -2.12. The zero-order valence-corrected chi connectivity index (χ0v) is 18.7. The van der Waals surface area contributed by atoms with Gasteiger partial charge in [0.15, 0.2) is 0 Å². The summed E-state index contributed by atoms with van der Waals surface area (Å²) in [5.74, 6) is 0.502. The van der Waals surface area contributed by atoms with Crippen LogP contribution in [0.3, 0.4) is 0 Å². The third-order valence-corrected chi connectivity index (χ3v) is 5.80. The van der Waals surface area contributed by atoms with E-state index < -0.39 is 0 Å². The maximum absolute atomic E-state index is 13.2. The summed E-state index contributed by atoms with van der Waals surface area (Å²) >= 11 is 0. The number of aryl methyl sites for hydroxylation is 2. The van der Waals surface area contributed by atoms with Crippen molar-refractivity contribution in [3.63, 3.8) is 0 Å². The number of fused-ring (bicyclic) bond motifs is 1. The Labute approximate surface area is 186 Å². The third-order valence-electron chi connectivity index (χ3n) is 5.80. The van der Waals surface area contributed by atoms with E-state index in [-0.39, 0.29) is 17.9 Å². The van der Waals surface area contributed by atoms with Gasteiger partial charge in [-0.15, -0.1) is 0 Å². The smallest absolute Gasteiger partial charge is 0.277 e. The zero-order chi connectivity index (χ0) is 22.8. The fourth-order valence-electron chi connectivity index (χ4n) is 3.86. The molecule has 0 radical (unpaired) electrons. The first-order chi connectivity index (χ1) is 15.4. The van der Waals surface area contributed by atoms with Crippen LogP contribution in [-0.4, -0.2) is 27.2 Å². The standard InChI is InChI=1S/C25H26N4O3/c1-16-8-5-6-11-20(16)22-15-24-28(3)17(2)21(25(31)29(24)27-22)12-13-23(30)26-18-9-7-10-19(14-18)32-4/h5-11,14-15H,12-13H2,1-4H3,(H,26,30). The third kappa shape index (κ3) is 4.01. The maximum Gasteiger partial charge on any atom is 0.277 e. The Morgan fingerprint density at radius 2 is 1.88 bits per heavy atom. The molecule has 1 N–H and O–H groups in total. The van der Waals surface area contributed by atoms with Gasteiger partial charge in [-0.25, -0.2) is 0 Å². The van der Waals surface area contributed by atoms with Crippen LogP contribution in [0.2, 0.25) is 0 Å². The molecule has 4 aromatic rings. The summed E-state index contributed by atoms with van der Waals surface area (Å²) < 4.78 is 8.57. The van der Waals surface area contributed by atoms with Gasteiger partial charge in [0.05, 0.1) is 12.8 Å². The van der Waals surface area contributed by atoms with Gasteiger partial charge in [0, 0.05) is 48.1 Å². The normalized spacial score (nSPS) is 11.0. The molecular formula is C25H26N4O3. The molecule has 0 atom stereocenters. The number of nitrogens with zero attached hydrogens (tertiary/aromatic N) is 3. The minimum Gasteiger partial charge on any atom is -0.497 e. The van der Waals surface area contributed by atoms with Crippen LogP contribution in [0.1, 0.15) is 23.2 Å². The summed E-state index contributed by atoms with van der Waals surface area (Å²) in [5.41, 5.74) is 5.44. The van der Waals surface area contributed by atoms with Crippen molar-refractivity contribution in [2.45, 2.75) is 26.7 Å². The number of aromatic nitrogens is 3. The molecule has 0 aliphatic rings. The van der Waals surface area contributed by atoms with Crippen LogP contribution >= 0.6 is 0 Å². The van der Waals surface area contributed by atoms with Crippen molar-refractivity contribution >= 4 is 17.2 Å². The Morgan fingerprint density at radius 1 is 1.09 bits per heavy atom. The first-order valence-corrected chi connectivity index (χ1v) is 10.5. The monoisotopic (exact) mass is 430 g/mol. The Balaban J connectivity index is 1.61. The van der Waals surface area contributed by atoms with Crippen molar-refractivity contribution in [3.8, 4) is 17.0 Å². The lowest BCUT2D eigenvalue weighted by atomic mass is 10.1. The highest BCUT2D eigenvalue weighted by molar-refractivity contribution is 5.91. The van der Waals surface area contributed by atoms with E-state index in [1.807, 2.05) is 67.9 Å². The Bertz CT molecular complexity index is 1370. The van der Waals surface area contributed by atoms with Crippen molar-refractivity contribution < 1.29 is 9.53 Å². The first-order valence-electron chi connectivity index (χ1n) is 10.5. The van der Waals surface area contributed by atoms with Crippen LogP contribution < -0.4 is 15.6 Å². The van der Waals surface area contributed by atoms with E-state index >= 15 is 0 Å². The van der Waals surface area contributed by atoms with Gasteiger partial charge in [0.1, 0.15) is 11.4 Å².